The summed E-state index contributed by atoms with van der Waals surface area (Å²) in [4.78, 5) is 77.4. The van der Waals surface area contributed by atoms with Gasteiger partial charge in [-0.3, -0.25) is 44.3 Å². The third kappa shape index (κ3) is 9.15. The number of hydrogen-bond acceptors (Lipinski definition) is 15. The second-order valence-electron chi connectivity index (χ2n) is 17.6. The summed E-state index contributed by atoms with van der Waals surface area (Å²) >= 11 is 3.59. The smallest absolute Gasteiger partial charge is 0.262 e. The number of anilines is 5. The molecule has 3 fully saturated rings. The molecule has 0 radical (unpaired) electrons. The van der Waals surface area contributed by atoms with Crippen LogP contribution < -0.4 is 30.9 Å². The van der Waals surface area contributed by atoms with Gasteiger partial charge in [-0.2, -0.15) is 4.98 Å². The number of piperidine rings is 2. The van der Waals surface area contributed by atoms with Gasteiger partial charge >= 0.3 is 0 Å². The molecular formula is C47H53BrN11O6P. The molecule has 0 bridgehead atoms. The molecule has 4 amide bonds. The Labute approximate surface area is 391 Å². The zero-order chi connectivity index (χ0) is 46.3. The minimum Gasteiger partial charge on any atom is -0.494 e. The van der Waals surface area contributed by atoms with E-state index in [9.17, 15) is 23.7 Å². The maximum atomic E-state index is 13.5. The molecule has 9 rings (SSSR count). The number of rotatable bonds is 13. The molecular weight excluding hydrogens is 925 g/mol. The van der Waals surface area contributed by atoms with Crippen molar-refractivity contribution >= 4 is 91.9 Å². The SMILES string of the molecule is CCc1cc(Nc2ncc(Br)c(Nc3ccc4nccnc4c3P(C)(C)=O)n2)c(OC)cc1N1CCC(N2CCN(CCc3ccc4c(c3)C(=O)N(C3CCC(=O)NC3=O)C4=O)CC2)CC1. The quantitative estimate of drug-likeness (QED) is 0.0958. The number of hydrogen-bond donors (Lipinski definition) is 3. The predicted octanol–water partition coefficient (Wildman–Crippen LogP) is 5.72. The lowest BCUT2D eigenvalue weighted by molar-refractivity contribution is -0.136. The predicted molar refractivity (Wildman–Crippen MR) is 257 cm³/mol. The monoisotopic (exact) mass is 977 g/mol. The highest BCUT2D eigenvalue weighted by molar-refractivity contribution is 9.10. The number of imide groups is 2. The van der Waals surface area contributed by atoms with Crippen LogP contribution in [0, 0.1) is 0 Å². The van der Waals surface area contributed by atoms with E-state index in [0.717, 1.165) is 87.6 Å². The third-order valence-electron chi connectivity index (χ3n) is 13.1. The average molecular weight is 979 g/mol. The molecule has 5 aromatic rings. The first-order valence-corrected chi connectivity index (χ1v) is 25.8. The van der Waals surface area contributed by atoms with E-state index in [4.69, 9.17) is 9.72 Å². The molecule has 2 aromatic heterocycles. The van der Waals surface area contributed by atoms with Crippen LogP contribution in [0.1, 0.15) is 64.4 Å². The van der Waals surface area contributed by atoms with Gasteiger partial charge in [-0.1, -0.05) is 13.0 Å². The lowest BCUT2D eigenvalue weighted by atomic mass is 9.99. The number of carbonyl (C=O) groups is 4. The first-order chi connectivity index (χ1) is 31.8. The number of piperazine rings is 1. The fraction of sp³-hybridized carbons (Fsp3) is 0.404. The first-order valence-electron chi connectivity index (χ1n) is 22.4. The van der Waals surface area contributed by atoms with Crippen molar-refractivity contribution in [2.24, 2.45) is 0 Å². The number of amides is 4. The number of nitrogens with one attached hydrogen (secondary N) is 3. The summed E-state index contributed by atoms with van der Waals surface area (Å²) in [7, 11) is -1.11. The normalized spacial score (nSPS) is 18.8. The Morgan fingerprint density at radius 3 is 2.35 bits per heavy atom. The second-order valence-corrected chi connectivity index (χ2v) is 21.6. The second kappa shape index (κ2) is 18.8. The van der Waals surface area contributed by atoms with Crippen molar-refractivity contribution in [3.05, 3.63) is 87.8 Å². The van der Waals surface area contributed by atoms with Gasteiger partial charge in [0, 0.05) is 88.6 Å². The molecule has 3 saturated heterocycles. The zero-order valence-electron chi connectivity index (χ0n) is 37.5. The Morgan fingerprint density at radius 1 is 0.864 bits per heavy atom. The largest absolute Gasteiger partial charge is 0.494 e. The molecule has 3 N–H and O–H groups in total. The van der Waals surface area contributed by atoms with Gasteiger partial charge < -0.3 is 29.7 Å². The number of fused-ring (bicyclic) bond motifs is 2. The maximum Gasteiger partial charge on any atom is 0.262 e. The highest BCUT2D eigenvalue weighted by atomic mass is 79.9. The molecule has 19 heteroatoms. The number of benzene rings is 3. The molecule has 66 heavy (non-hydrogen) atoms. The third-order valence-corrected chi connectivity index (χ3v) is 15.2. The van der Waals surface area contributed by atoms with Gasteiger partial charge in [-0.15, -0.1) is 0 Å². The van der Waals surface area contributed by atoms with Crippen LogP contribution in [-0.4, -0.2) is 137 Å². The first kappa shape index (κ1) is 45.4. The lowest BCUT2D eigenvalue weighted by Gasteiger charge is -2.43. The summed E-state index contributed by atoms with van der Waals surface area (Å²) in [6.07, 6.45) is 8.81. The highest BCUT2D eigenvalue weighted by Gasteiger charge is 2.44. The van der Waals surface area contributed by atoms with E-state index in [0.29, 0.717) is 61.2 Å². The molecule has 6 heterocycles. The minimum atomic E-state index is -2.78. The van der Waals surface area contributed by atoms with Crippen LogP contribution in [0.25, 0.3) is 11.0 Å². The molecule has 0 spiro atoms. The van der Waals surface area contributed by atoms with Crippen LogP contribution in [0.2, 0.25) is 0 Å². The summed E-state index contributed by atoms with van der Waals surface area (Å²) in [6, 6.07) is 12.9. The topological polar surface area (TPSA) is 195 Å². The Morgan fingerprint density at radius 2 is 1.62 bits per heavy atom. The van der Waals surface area contributed by atoms with Gasteiger partial charge in [-0.05, 0) is 103 Å². The number of ether oxygens (including phenoxy) is 1. The summed E-state index contributed by atoms with van der Waals surface area (Å²) in [6.45, 7) is 12.2. The Hall–Kier alpha value is -5.81. The van der Waals surface area contributed by atoms with E-state index in [-0.39, 0.29) is 12.8 Å². The van der Waals surface area contributed by atoms with Crippen LogP contribution in [0.5, 0.6) is 5.75 Å². The molecule has 1 atom stereocenters. The summed E-state index contributed by atoms with van der Waals surface area (Å²) in [5.74, 6) is -0.403. The molecule has 344 valence electrons. The number of aromatic nitrogens is 4. The van der Waals surface area contributed by atoms with E-state index in [1.807, 2.05) is 18.2 Å². The molecule has 0 saturated carbocycles. The van der Waals surface area contributed by atoms with Crippen molar-refractivity contribution in [3.63, 3.8) is 0 Å². The number of nitrogens with zero attached hydrogens (tertiary/aromatic N) is 8. The van der Waals surface area contributed by atoms with Crippen molar-refractivity contribution in [1.29, 1.82) is 0 Å². The van der Waals surface area contributed by atoms with Crippen LogP contribution in [0.15, 0.2) is 65.5 Å². The minimum absolute atomic E-state index is 0.0934. The molecule has 17 nitrogen and oxygen atoms in total. The lowest BCUT2D eigenvalue weighted by Crippen LogP contribution is -2.54. The Balaban J connectivity index is 0.792. The van der Waals surface area contributed by atoms with Crippen LogP contribution in [0.3, 0.4) is 0 Å². The van der Waals surface area contributed by atoms with E-state index in [1.165, 1.54) is 11.3 Å². The van der Waals surface area contributed by atoms with Crippen molar-refractivity contribution in [2.45, 2.75) is 57.5 Å². The number of halogens is 1. The summed E-state index contributed by atoms with van der Waals surface area (Å²) < 4.78 is 20.1. The van der Waals surface area contributed by atoms with Gasteiger partial charge in [0.1, 0.15) is 30.3 Å². The molecule has 0 aliphatic carbocycles. The van der Waals surface area contributed by atoms with Crippen LogP contribution in [-0.2, 0) is 27.0 Å². The van der Waals surface area contributed by atoms with Crippen LogP contribution in [0.4, 0.5) is 28.8 Å². The van der Waals surface area contributed by atoms with Gasteiger partial charge in [0.2, 0.25) is 17.8 Å². The van der Waals surface area contributed by atoms with Crippen molar-refractivity contribution in [3.8, 4) is 5.75 Å². The average Bonchev–Trinajstić information content (AvgIpc) is 3.56. The van der Waals surface area contributed by atoms with Gasteiger partial charge in [0.05, 0.1) is 44.9 Å². The summed E-state index contributed by atoms with van der Waals surface area (Å²) in [5.41, 5.74) is 6.60. The molecule has 1 unspecified atom stereocenters. The maximum absolute atomic E-state index is 13.5. The fourth-order valence-electron chi connectivity index (χ4n) is 9.67. The fourth-order valence-corrected chi connectivity index (χ4v) is 11.4. The number of carbonyl (C=O) groups excluding carboxylic acids is 4. The van der Waals surface area contributed by atoms with E-state index in [2.05, 4.69) is 80.6 Å². The van der Waals surface area contributed by atoms with Crippen LogP contribution >= 0.6 is 23.1 Å². The van der Waals surface area contributed by atoms with Gasteiger partial charge in [-0.25, -0.2) is 4.98 Å². The van der Waals surface area contributed by atoms with Crippen molar-refractivity contribution < 1.29 is 28.5 Å². The van der Waals surface area contributed by atoms with Gasteiger partial charge in [0.25, 0.3) is 11.8 Å². The number of methoxy groups -OCH3 is 1. The van der Waals surface area contributed by atoms with E-state index in [1.54, 1.807) is 51.2 Å². The Bertz CT molecular complexity index is 2790. The van der Waals surface area contributed by atoms with Gasteiger partial charge in [0.15, 0.2) is 0 Å². The Kier molecular flexibility index (Phi) is 12.9. The molecule has 3 aromatic carbocycles. The molecule has 4 aliphatic rings. The van der Waals surface area contributed by atoms with E-state index >= 15 is 0 Å². The summed E-state index contributed by atoms with van der Waals surface area (Å²) in [5, 5.41) is 9.62. The molecule has 4 aliphatic heterocycles. The number of aryl methyl sites for hydroxylation is 1. The van der Waals surface area contributed by atoms with Crippen molar-refractivity contribution in [1.82, 2.24) is 40.0 Å². The highest BCUT2D eigenvalue weighted by Crippen LogP contribution is 2.42. The standard InChI is InChI=1S/C47H53BrN11O6P/c1-5-29-25-36(53-47-51-27-33(48)43(55-47)52-35-9-8-34-41(50-16-15-49-34)42(35)66(3,4)64)39(65-2)26-38(29)58-18-13-30(14-19-58)57-22-20-56(21-23-57)17-12-28-6-7-31-32(24-28)46(63)59(45(31)62)37-10-11-40(60)54-44(37)61/h6-9,15-16,24-27,30,37H,5,10-14,17-23H2,1-4H3,(H,54,60,61)(H2,51,52,53,55). The zero-order valence-corrected chi connectivity index (χ0v) is 40.0. The van der Waals surface area contributed by atoms with E-state index < -0.39 is 36.8 Å². The van der Waals surface area contributed by atoms with Crippen molar-refractivity contribution in [2.75, 3.05) is 81.8 Å².